The van der Waals surface area contributed by atoms with Crippen LogP contribution in [-0.4, -0.2) is 53.0 Å². The Kier molecular flexibility index (Phi) is 7.12. The number of aliphatic hydroxyl groups is 1. The lowest BCUT2D eigenvalue weighted by Gasteiger charge is -2.62. The van der Waals surface area contributed by atoms with Crippen LogP contribution in [0.25, 0.3) is 11.1 Å². The number of fused-ring (bicyclic) bond motifs is 5. The molecule has 3 saturated carbocycles. The Bertz CT molecular complexity index is 1620. The van der Waals surface area contributed by atoms with E-state index in [1.807, 2.05) is 30.3 Å². The van der Waals surface area contributed by atoms with Gasteiger partial charge in [-0.25, -0.2) is 18.4 Å². The molecule has 0 saturated heterocycles. The van der Waals surface area contributed by atoms with Crippen molar-refractivity contribution in [3.63, 3.8) is 0 Å². The van der Waals surface area contributed by atoms with E-state index in [2.05, 4.69) is 0 Å². The van der Waals surface area contributed by atoms with Crippen molar-refractivity contribution >= 4 is 17.7 Å². The van der Waals surface area contributed by atoms with Gasteiger partial charge in [-0.2, -0.15) is 5.26 Å². The average Bonchev–Trinajstić information content (AvgIpc) is 3.30. The molecule has 4 aliphatic rings. The molecule has 4 aliphatic carbocycles. The number of alkyl halides is 2. The van der Waals surface area contributed by atoms with E-state index in [9.17, 15) is 19.5 Å². The Morgan fingerprint density at radius 1 is 1.07 bits per heavy atom. The van der Waals surface area contributed by atoms with E-state index in [0.717, 1.165) is 17.2 Å². The van der Waals surface area contributed by atoms with Crippen LogP contribution in [0, 0.1) is 34.0 Å². The van der Waals surface area contributed by atoms with Gasteiger partial charge in [-0.05, 0) is 79.5 Å². The van der Waals surface area contributed by atoms with Gasteiger partial charge >= 0.3 is 11.9 Å². The number of halogens is 2. The predicted molar refractivity (Wildman–Crippen MR) is 155 cm³/mol. The molecule has 3 fully saturated rings. The van der Waals surface area contributed by atoms with Gasteiger partial charge in [0.25, 0.3) is 0 Å². The Labute approximate surface area is 254 Å². The molecule has 7 nitrogen and oxygen atoms in total. The maximum Gasteiger partial charge on any atom is 0.352 e. The van der Waals surface area contributed by atoms with Crippen LogP contribution in [0.5, 0.6) is 0 Å². The Morgan fingerprint density at radius 2 is 1.75 bits per heavy atom. The molecule has 0 amide bonds. The fraction of sp³-hybridized carbons (Fsp3) is 0.429. The van der Waals surface area contributed by atoms with Crippen LogP contribution in [0.4, 0.5) is 8.78 Å². The van der Waals surface area contributed by atoms with E-state index in [1.165, 1.54) is 19.1 Å². The second kappa shape index (κ2) is 10.5. The van der Waals surface area contributed by atoms with E-state index >= 15 is 8.78 Å². The smallest absolute Gasteiger partial charge is 0.352 e. The Balaban J connectivity index is 1.37. The van der Waals surface area contributed by atoms with Crippen molar-refractivity contribution in [2.75, 3.05) is 6.61 Å². The van der Waals surface area contributed by atoms with E-state index in [1.54, 1.807) is 37.3 Å². The number of esters is 2. The van der Waals surface area contributed by atoms with Gasteiger partial charge in [-0.3, -0.25) is 4.79 Å². The number of hydrogen-bond acceptors (Lipinski definition) is 7. The molecule has 8 atom stereocenters. The summed E-state index contributed by atoms with van der Waals surface area (Å²) in [5.41, 5.74) is -5.29. The fourth-order valence-electron chi connectivity index (χ4n) is 8.60. The number of allylic oxidation sites excluding steroid dienone is 4. The van der Waals surface area contributed by atoms with Gasteiger partial charge in [0.15, 0.2) is 18.1 Å². The molecular formula is C35H33F2NO6. The van der Waals surface area contributed by atoms with Gasteiger partial charge < -0.3 is 14.6 Å². The molecule has 2 aromatic rings. The summed E-state index contributed by atoms with van der Waals surface area (Å²) < 4.78 is 44.6. The van der Waals surface area contributed by atoms with Gasteiger partial charge in [0.1, 0.15) is 12.2 Å². The molecule has 6 rings (SSSR count). The summed E-state index contributed by atoms with van der Waals surface area (Å²) in [7, 11) is 0. The zero-order valence-corrected chi connectivity index (χ0v) is 24.5. The van der Waals surface area contributed by atoms with Crippen molar-refractivity contribution in [2.45, 2.75) is 63.1 Å². The molecule has 0 bridgehead atoms. The normalized spacial score (nSPS) is 37.1. The molecule has 228 valence electrons. The molecule has 0 aromatic heterocycles. The van der Waals surface area contributed by atoms with Gasteiger partial charge in [-0.1, -0.05) is 55.5 Å². The number of carbonyl (C=O) groups is 3. The maximum atomic E-state index is 17.5. The summed E-state index contributed by atoms with van der Waals surface area (Å²) >= 11 is 0. The van der Waals surface area contributed by atoms with Crippen LogP contribution in [-0.2, 0) is 19.1 Å². The zero-order chi connectivity index (χ0) is 31.5. The van der Waals surface area contributed by atoms with E-state index in [0.29, 0.717) is 0 Å². The number of carbonyl (C=O) groups excluding carboxylic acids is 3. The molecular weight excluding hydrogens is 568 g/mol. The standard InChI is InChI=1S/C35H33F2NO6/c1-32-14-12-24(39)18-27(32)28(36)19-26-25-13-15-34(31(42)43-17-16-38,33(25,2)20-29(40)35(26,32)37)44-30(41)23-10-8-22(9-11-23)21-6-4-3-5-7-21/h3-12,14,18,25-26,28-29,40H,13,15,17,19-20H2,1-2H3/t25-,26-,28-,29-,32-,33-,34+,35?/m0/s1. The van der Waals surface area contributed by atoms with Crippen molar-refractivity contribution in [3.05, 3.63) is 84.0 Å². The number of hydrogen-bond donors (Lipinski definition) is 1. The average molecular weight is 602 g/mol. The number of nitriles is 1. The Hall–Kier alpha value is -4.16. The summed E-state index contributed by atoms with van der Waals surface area (Å²) in [6, 6.07) is 18.0. The van der Waals surface area contributed by atoms with Crippen molar-refractivity contribution in [2.24, 2.45) is 22.7 Å². The first-order valence-corrected chi connectivity index (χ1v) is 14.8. The number of ether oxygens (including phenoxy) is 2. The third-order valence-corrected chi connectivity index (χ3v) is 10.8. The molecule has 9 heteroatoms. The van der Waals surface area contributed by atoms with Gasteiger partial charge in [0.2, 0.25) is 5.60 Å². The summed E-state index contributed by atoms with van der Waals surface area (Å²) in [6.07, 6.45) is -0.168. The minimum Gasteiger partial charge on any atom is -0.447 e. The Morgan fingerprint density at radius 3 is 2.43 bits per heavy atom. The first-order chi connectivity index (χ1) is 20.9. The minimum atomic E-state index is -2.35. The summed E-state index contributed by atoms with van der Waals surface area (Å²) in [6.45, 7) is 2.55. The molecule has 0 spiro atoms. The lowest BCUT2D eigenvalue weighted by atomic mass is 9.44. The highest BCUT2D eigenvalue weighted by molar-refractivity contribution is 6.01. The van der Waals surface area contributed by atoms with Crippen molar-refractivity contribution in [1.82, 2.24) is 0 Å². The van der Waals surface area contributed by atoms with Gasteiger partial charge in [-0.15, -0.1) is 0 Å². The van der Waals surface area contributed by atoms with Crippen LogP contribution in [0.3, 0.4) is 0 Å². The van der Waals surface area contributed by atoms with Gasteiger partial charge in [0.05, 0.1) is 11.7 Å². The first-order valence-electron chi connectivity index (χ1n) is 14.8. The van der Waals surface area contributed by atoms with Crippen molar-refractivity contribution in [3.8, 4) is 17.2 Å². The predicted octanol–water partition coefficient (Wildman–Crippen LogP) is 5.63. The number of ketones is 1. The second-order valence-corrected chi connectivity index (χ2v) is 12.8. The summed E-state index contributed by atoms with van der Waals surface area (Å²) in [4.78, 5) is 39.5. The summed E-state index contributed by atoms with van der Waals surface area (Å²) in [5.74, 6) is -3.98. The summed E-state index contributed by atoms with van der Waals surface area (Å²) in [5, 5.41) is 20.8. The second-order valence-electron chi connectivity index (χ2n) is 12.8. The van der Waals surface area contributed by atoms with E-state index < -0.39 is 70.5 Å². The highest BCUT2D eigenvalue weighted by atomic mass is 19.1. The molecule has 0 aliphatic heterocycles. The molecule has 44 heavy (non-hydrogen) atoms. The molecule has 1 N–H and O–H groups in total. The van der Waals surface area contributed by atoms with Crippen LogP contribution in [0.2, 0.25) is 0 Å². The highest BCUT2D eigenvalue weighted by Gasteiger charge is 2.77. The number of nitrogens with zero attached hydrogens (tertiary/aromatic N) is 1. The zero-order valence-electron chi connectivity index (χ0n) is 24.5. The van der Waals surface area contributed by atoms with Crippen LogP contribution >= 0.6 is 0 Å². The molecule has 1 unspecified atom stereocenters. The monoisotopic (exact) mass is 601 g/mol. The third-order valence-electron chi connectivity index (χ3n) is 10.8. The maximum absolute atomic E-state index is 17.5. The lowest BCUT2D eigenvalue weighted by molar-refractivity contribution is -0.228. The first kappa shape index (κ1) is 29.9. The van der Waals surface area contributed by atoms with E-state index in [4.69, 9.17) is 14.7 Å². The SMILES string of the molecule is C[C@]12C=CC(=O)C=C1[C@@H](F)C[C@H]1[C@@H]3CC[C@@](OC(=O)c4ccc(-c5ccccc5)cc4)(C(=O)OCC#N)[C@@]3(C)C[C@H](O)C12F. The number of benzene rings is 2. The minimum absolute atomic E-state index is 0.00512. The topological polar surface area (TPSA) is 114 Å². The number of rotatable bonds is 5. The van der Waals surface area contributed by atoms with Crippen LogP contribution in [0.1, 0.15) is 49.9 Å². The molecule has 2 aromatic carbocycles. The van der Waals surface area contributed by atoms with Crippen LogP contribution in [0.15, 0.2) is 78.4 Å². The molecule has 0 heterocycles. The largest absolute Gasteiger partial charge is 0.447 e. The lowest BCUT2D eigenvalue weighted by Crippen LogP contribution is -2.70. The van der Waals surface area contributed by atoms with Crippen molar-refractivity contribution in [1.29, 1.82) is 5.26 Å². The third kappa shape index (κ3) is 4.11. The fourth-order valence-corrected chi connectivity index (χ4v) is 8.60. The van der Waals surface area contributed by atoms with E-state index in [-0.39, 0.29) is 36.8 Å². The quantitative estimate of drug-likeness (QED) is 0.442. The molecule has 0 radical (unpaired) electrons. The van der Waals surface area contributed by atoms with Crippen molar-refractivity contribution < 1.29 is 37.7 Å². The number of aliphatic hydroxyl groups excluding tert-OH is 1. The highest BCUT2D eigenvalue weighted by Crippen LogP contribution is 2.70. The van der Waals surface area contributed by atoms with Gasteiger partial charge in [0, 0.05) is 16.7 Å². The van der Waals surface area contributed by atoms with Crippen LogP contribution < -0.4 is 0 Å².